The van der Waals surface area contributed by atoms with Gasteiger partial charge >= 0.3 is 0 Å². The first kappa shape index (κ1) is 13.2. The Morgan fingerprint density at radius 3 is 2.65 bits per heavy atom. The van der Waals surface area contributed by atoms with Crippen LogP contribution < -0.4 is 5.32 Å². The molecule has 0 spiro atoms. The van der Waals surface area contributed by atoms with Gasteiger partial charge in [0.25, 0.3) is 0 Å². The Labute approximate surface area is 125 Å². The average molecular weight is 333 g/mol. The van der Waals surface area contributed by atoms with E-state index in [9.17, 15) is 4.39 Å². The largest absolute Gasteiger partial charge is 0.383 e. The predicted molar refractivity (Wildman–Crippen MR) is 84.5 cm³/mol. The van der Waals surface area contributed by atoms with Gasteiger partial charge in [-0.15, -0.1) is 0 Å². The molecular weight excluding hydrogens is 319 g/mol. The third-order valence-corrected chi connectivity index (χ3v) is 3.79. The first-order valence-corrected chi connectivity index (χ1v) is 7.25. The molecule has 1 heterocycles. The summed E-state index contributed by atoms with van der Waals surface area (Å²) in [6.45, 7) is 1.66. The van der Waals surface area contributed by atoms with Crippen molar-refractivity contribution >= 4 is 32.5 Å². The number of rotatable bonds is 4. The average Bonchev–Trinajstić information content (AvgIpc) is 2.83. The summed E-state index contributed by atoms with van der Waals surface area (Å²) >= 11 is 3.42. The quantitative estimate of drug-likeness (QED) is 0.735. The highest BCUT2D eigenvalue weighted by Gasteiger charge is 2.01. The molecule has 0 radical (unpaired) electrons. The smallest absolute Gasteiger partial charge is 0.123 e. The highest BCUT2D eigenvalue weighted by Crippen LogP contribution is 2.17. The van der Waals surface area contributed by atoms with E-state index in [0.717, 1.165) is 34.2 Å². The van der Waals surface area contributed by atoms with Gasteiger partial charge in [0.15, 0.2) is 0 Å². The lowest BCUT2D eigenvalue weighted by Crippen LogP contribution is -2.09. The number of hydrogen-bond donors (Lipinski definition) is 1. The minimum atomic E-state index is -0.191. The molecule has 102 valence electrons. The number of hydrogen-bond acceptors (Lipinski definition) is 1. The van der Waals surface area contributed by atoms with E-state index in [1.807, 2.05) is 42.6 Å². The third kappa shape index (κ3) is 2.85. The molecule has 0 saturated heterocycles. The summed E-state index contributed by atoms with van der Waals surface area (Å²) in [7, 11) is 0. The molecule has 0 unspecified atom stereocenters. The maximum Gasteiger partial charge on any atom is 0.123 e. The second kappa shape index (κ2) is 5.67. The van der Waals surface area contributed by atoms with E-state index in [2.05, 4.69) is 25.8 Å². The SMILES string of the molecule is Fc1ccc2c(ccn2CCNc2ccc(Br)cc2)c1. The van der Waals surface area contributed by atoms with Crippen LogP contribution in [0.2, 0.25) is 0 Å². The molecule has 3 aromatic rings. The van der Waals surface area contributed by atoms with E-state index in [4.69, 9.17) is 0 Å². The van der Waals surface area contributed by atoms with E-state index in [1.165, 1.54) is 6.07 Å². The monoisotopic (exact) mass is 332 g/mol. The van der Waals surface area contributed by atoms with Gasteiger partial charge in [0.1, 0.15) is 5.82 Å². The molecule has 0 bridgehead atoms. The summed E-state index contributed by atoms with van der Waals surface area (Å²) in [6.07, 6.45) is 1.99. The Bertz CT molecular complexity index is 719. The number of anilines is 1. The number of halogens is 2. The molecule has 0 fully saturated rings. The van der Waals surface area contributed by atoms with Crippen molar-refractivity contribution < 1.29 is 4.39 Å². The number of nitrogens with zero attached hydrogens (tertiary/aromatic N) is 1. The van der Waals surface area contributed by atoms with Crippen molar-refractivity contribution in [3.05, 3.63) is 65.0 Å². The summed E-state index contributed by atoms with van der Waals surface area (Å²) < 4.78 is 16.3. The zero-order chi connectivity index (χ0) is 13.9. The molecule has 1 aromatic heterocycles. The van der Waals surface area contributed by atoms with E-state index in [-0.39, 0.29) is 5.82 Å². The summed E-state index contributed by atoms with van der Waals surface area (Å²) in [6, 6.07) is 14.9. The first-order valence-electron chi connectivity index (χ1n) is 6.46. The van der Waals surface area contributed by atoms with Crippen molar-refractivity contribution in [1.29, 1.82) is 0 Å². The molecule has 0 saturated carbocycles. The maximum atomic E-state index is 13.1. The lowest BCUT2D eigenvalue weighted by molar-refractivity contribution is 0.629. The van der Waals surface area contributed by atoms with E-state index in [1.54, 1.807) is 6.07 Å². The Morgan fingerprint density at radius 1 is 1.05 bits per heavy atom. The van der Waals surface area contributed by atoms with Gasteiger partial charge in [-0.2, -0.15) is 0 Å². The molecule has 20 heavy (non-hydrogen) atoms. The van der Waals surface area contributed by atoms with Gasteiger partial charge < -0.3 is 9.88 Å². The standard InChI is InChI=1S/C16H14BrFN2/c17-13-1-4-15(5-2-13)19-8-10-20-9-7-12-11-14(18)3-6-16(12)20/h1-7,9,11,19H,8,10H2. The zero-order valence-electron chi connectivity index (χ0n) is 10.8. The summed E-state index contributed by atoms with van der Waals surface area (Å²) in [5.74, 6) is -0.191. The lowest BCUT2D eigenvalue weighted by atomic mass is 10.2. The fraction of sp³-hybridized carbons (Fsp3) is 0.125. The van der Waals surface area contributed by atoms with E-state index >= 15 is 0 Å². The van der Waals surface area contributed by atoms with Crippen LogP contribution in [0.4, 0.5) is 10.1 Å². The third-order valence-electron chi connectivity index (χ3n) is 3.26. The molecule has 2 nitrogen and oxygen atoms in total. The normalized spacial score (nSPS) is 10.9. The van der Waals surface area contributed by atoms with Crippen molar-refractivity contribution in [1.82, 2.24) is 4.57 Å². The molecular formula is C16H14BrFN2. The van der Waals surface area contributed by atoms with Crippen molar-refractivity contribution in [2.24, 2.45) is 0 Å². The van der Waals surface area contributed by atoms with Crippen LogP contribution in [0, 0.1) is 5.82 Å². The van der Waals surface area contributed by atoms with E-state index < -0.39 is 0 Å². The first-order chi connectivity index (χ1) is 9.72. The van der Waals surface area contributed by atoms with E-state index in [0.29, 0.717) is 0 Å². The van der Waals surface area contributed by atoms with Crippen molar-refractivity contribution in [3.8, 4) is 0 Å². The Morgan fingerprint density at radius 2 is 1.85 bits per heavy atom. The van der Waals surface area contributed by atoms with Gasteiger partial charge in [-0.1, -0.05) is 15.9 Å². The molecule has 0 aliphatic carbocycles. The molecule has 2 aromatic carbocycles. The van der Waals surface area contributed by atoms with Crippen LogP contribution in [-0.2, 0) is 6.54 Å². The minimum absolute atomic E-state index is 0.191. The Balaban J connectivity index is 1.66. The predicted octanol–water partition coefficient (Wildman–Crippen LogP) is 4.66. The van der Waals surface area contributed by atoms with Gasteiger partial charge in [-0.3, -0.25) is 0 Å². The van der Waals surface area contributed by atoms with Gasteiger partial charge in [0.05, 0.1) is 0 Å². The second-order valence-electron chi connectivity index (χ2n) is 4.65. The van der Waals surface area contributed by atoms with Gasteiger partial charge in [0.2, 0.25) is 0 Å². The molecule has 1 N–H and O–H groups in total. The van der Waals surface area contributed by atoms with Gasteiger partial charge in [-0.05, 0) is 48.5 Å². The lowest BCUT2D eigenvalue weighted by Gasteiger charge is -2.08. The topological polar surface area (TPSA) is 17.0 Å². The van der Waals surface area contributed by atoms with Gasteiger partial charge in [0, 0.05) is 40.3 Å². The fourth-order valence-electron chi connectivity index (χ4n) is 2.25. The highest BCUT2D eigenvalue weighted by molar-refractivity contribution is 9.10. The summed E-state index contributed by atoms with van der Waals surface area (Å²) in [5.41, 5.74) is 2.15. The number of benzene rings is 2. The van der Waals surface area contributed by atoms with Crippen LogP contribution in [0.5, 0.6) is 0 Å². The summed E-state index contributed by atoms with van der Waals surface area (Å²) in [4.78, 5) is 0. The van der Waals surface area contributed by atoms with Crippen LogP contribution in [0.3, 0.4) is 0 Å². The Kier molecular flexibility index (Phi) is 3.74. The van der Waals surface area contributed by atoms with Crippen LogP contribution in [0.15, 0.2) is 59.2 Å². The summed E-state index contributed by atoms with van der Waals surface area (Å²) in [5, 5.41) is 4.31. The minimum Gasteiger partial charge on any atom is -0.383 e. The number of nitrogens with one attached hydrogen (secondary N) is 1. The number of fused-ring (bicyclic) bond motifs is 1. The molecule has 3 rings (SSSR count). The highest BCUT2D eigenvalue weighted by atomic mass is 79.9. The van der Waals surface area contributed by atoms with Crippen LogP contribution in [-0.4, -0.2) is 11.1 Å². The van der Waals surface area contributed by atoms with Crippen LogP contribution in [0.25, 0.3) is 10.9 Å². The molecule has 0 atom stereocenters. The second-order valence-corrected chi connectivity index (χ2v) is 5.56. The maximum absolute atomic E-state index is 13.1. The van der Waals surface area contributed by atoms with Crippen LogP contribution in [0.1, 0.15) is 0 Å². The molecule has 0 amide bonds. The molecule has 0 aliphatic rings. The number of aromatic nitrogens is 1. The van der Waals surface area contributed by atoms with Crippen molar-refractivity contribution in [2.75, 3.05) is 11.9 Å². The molecule has 0 aliphatic heterocycles. The molecule has 4 heteroatoms. The zero-order valence-corrected chi connectivity index (χ0v) is 12.4. The van der Waals surface area contributed by atoms with Crippen molar-refractivity contribution in [2.45, 2.75) is 6.54 Å². The Hall–Kier alpha value is -1.81. The van der Waals surface area contributed by atoms with Crippen molar-refractivity contribution in [3.63, 3.8) is 0 Å². The van der Waals surface area contributed by atoms with Gasteiger partial charge in [-0.25, -0.2) is 4.39 Å². The fourth-order valence-corrected chi connectivity index (χ4v) is 2.52. The van der Waals surface area contributed by atoms with Crippen LogP contribution >= 0.6 is 15.9 Å².